The van der Waals surface area contributed by atoms with Gasteiger partial charge in [0, 0.05) is 61.4 Å². The Bertz CT molecular complexity index is 1610. The van der Waals surface area contributed by atoms with Crippen LogP contribution in [0.15, 0.2) is 66.9 Å². The van der Waals surface area contributed by atoms with E-state index in [2.05, 4.69) is 32.7 Å². The molecule has 5 rings (SSSR count). The molecular weight excluding hydrogens is 571 g/mol. The van der Waals surface area contributed by atoms with Gasteiger partial charge < -0.3 is 24.8 Å². The first-order valence-electron chi connectivity index (χ1n) is 14.3. The van der Waals surface area contributed by atoms with Gasteiger partial charge in [-0.05, 0) is 69.0 Å². The van der Waals surface area contributed by atoms with Crippen molar-refractivity contribution in [1.29, 1.82) is 0 Å². The highest BCUT2D eigenvalue weighted by Crippen LogP contribution is 2.38. The Morgan fingerprint density at radius 3 is 2.50 bits per heavy atom. The van der Waals surface area contributed by atoms with Gasteiger partial charge in [0.2, 0.25) is 0 Å². The van der Waals surface area contributed by atoms with Crippen LogP contribution in [0.4, 0.5) is 30.2 Å². The number of carbonyl (C=O) groups is 1. The van der Waals surface area contributed by atoms with Crippen LogP contribution in [0.1, 0.15) is 21.5 Å². The number of morpholine rings is 1. The Hall–Kier alpha value is -4.42. The van der Waals surface area contributed by atoms with Crippen LogP contribution in [-0.4, -0.2) is 86.3 Å². The van der Waals surface area contributed by atoms with Gasteiger partial charge >= 0.3 is 6.18 Å². The average molecular weight is 608 g/mol. The first kappa shape index (κ1) is 31.0. The molecule has 0 saturated carbocycles. The summed E-state index contributed by atoms with van der Waals surface area (Å²) in [5.41, 5.74) is 3.71. The van der Waals surface area contributed by atoms with Gasteiger partial charge in [0.05, 0.1) is 30.7 Å². The molecule has 0 unspecified atom stereocenters. The summed E-state index contributed by atoms with van der Waals surface area (Å²) in [7, 11) is 5.35. The third-order valence-electron chi connectivity index (χ3n) is 7.58. The number of nitrogens with zero attached hydrogens (tertiary/aromatic N) is 6. The zero-order valence-corrected chi connectivity index (χ0v) is 25.2. The number of amides is 1. The summed E-state index contributed by atoms with van der Waals surface area (Å²) in [5, 5.41) is 11.3. The van der Waals surface area contributed by atoms with Crippen molar-refractivity contribution in [3.8, 4) is 16.9 Å². The lowest BCUT2D eigenvalue weighted by atomic mass is 10.1. The quantitative estimate of drug-likeness (QED) is 0.275. The molecule has 3 aromatic carbocycles. The Labute approximate surface area is 254 Å². The maximum absolute atomic E-state index is 14.0. The molecule has 1 N–H and O–H groups in total. The fourth-order valence-electron chi connectivity index (χ4n) is 5.04. The van der Waals surface area contributed by atoms with Crippen molar-refractivity contribution < 1.29 is 22.7 Å². The van der Waals surface area contributed by atoms with Gasteiger partial charge in [-0.15, -0.1) is 5.10 Å². The summed E-state index contributed by atoms with van der Waals surface area (Å²) in [6, 6.07) is 17.0. The number of hydrogen-bond donors (Lipinski definition) is 1. The number of alkyl halides is 3. The van der Waals surface area contributed by atoms with E-state index in [1.54, 1.807) is 41.0 Å². The zero-order chi connectivity index (χ0) is 31.4. The van der Waals surface area contributed by atoms with Crippen molar-refractivity contribution in [3.63, 3.8) is 0 Å². The molecule has 1 saturated heterocycles. The van der Waals surface area contributed by atoms with Gasteiger partial charge in [-0.3, -0.25) is 4.79 Å². The molecule has 0 bridgehead atoms. The largest absolute Gasteiger partial charge is 0.418 e. The van der Waals surface area contributed by atoms with Crippen LogP contribution in [0, 0.1) is 6.92 Å². The van der Waals surface area contributed by atoms with E-state index in [0.29, 0.717) is 37.7 Å². The minimum atomic E-state index is -4.59. The molecule has 0 atom stereocenters. The monoisotopic (exact) mass is 607 g/mol. The lowest BCUT2D eigenvalue weighted by Gasteiger charge is -2.29. The van der Waals surface area contributed by atoms with E-state index >= 15 is 0 Å². The topological polar surface area (TPSA) is 78.8 Å². The van der Waals surface area contributed by atoms with Crippen molar-refractivity contribution in [2.24, 2.45) is 0 Å². The highest BCUT2D eigenvalue weighted by atomic mass is 19.4. The second-order valence-corrected chi connectivity index (χ2v) is 11.1. The maximum Gasteiger partial charge on any atom is 0.418 e. The molecule has 1 fully saturated rings. The molecule has 4 aromatic rings. The molecule has 1 aromatic heterocycles. The Morgan fingerprint density at radius 1 is 1.00 bits per heavy atom. The number of nitrogens with one attached hydrogen (secondary N) is 1. The number of aromatic nitrogens is 3. The summed E-state index contributed by atoms with van der Waals surface area (Å²) in [6.45, 7) is 5.91. The lowest BCUT2D eigenvalue weighted by molar-refractivity contribution is -0.137. The summed E-state index contributed by atoms with van der Waals surface area (Å²) in [6.07, 6.45) is -2.80. The van der Waals surface area contributed by atoms with Crippen molar-refractivity contribution in [3.05, 3.63) is 83.6 Å². The summed E-state index contributed by atoms with van der Waals surface area (Å²) in [4.78, 5) is 18.9. The van der Waals surface area contributed by atoms with E-state index < -0.39 is 17.6 Å². The van der Waals surface area contributed by atoms with Gasteiger partial charge in [-0.2, -0.15) is 13.2 Å². The van der Waals surface area contributed by atoms with Crippen molar-refractivity contribution in [2.75, 3.05) is 75.7 Å². The second-order valence-electron chi connectivity index (χ2n) is 11.1. The van der Waals surface area contributed by atoms with Gasteiger partial charge in [0.15, 0.2) is 0 Å². The normalized spacial score (nSPS) is 13.8. The van der Waals surface area contributed by atoms with Gasteiger partial charge in [0.1, 0.15) is 5.69 Å². The molecule has 44 heavy (non-hydrogen) atoms. The van der Waals surface area contributed by atoms with E-state index in [0.717, 1.165) is 36.0 Å². The fraction of sp³-hybridized carbons (Fsp3) is 0.344. The molecule has 1 amide bonds. The number of hydrogen-bond acceptors (Lipinski definition) is 7. The SMILES string of the molecule is Cc1ccc(C(=O)Nc2ccc(N(C)CCN(C)C)c(C(F)(F)F)c2)cc1-n1cc(-c2cccc(N3CCOCC3)c2)nn1. The lowest BCUT2D eigenvalue weighted by Crippen LogP contribution is -2.36. The number of halogens is 3. The third kappa shape index (κ3) is 7.20. The van der Waals surface area contributed by atoms with Crippen LogP contribution < -0.4 is 15.1 Å². The maximum atomic E-state index is 14.0. The number of anilines is 3. The van der Waals surface area contributed by atoms with Crippen molar-refractivity contribution >= 4 is 23.0 Å². The van der Waals surface area contributed by atoms with Gasteiger partial charge in [-0.25, -0.2) is 4.68 Å². The Kier molecular flexibility index (Phi) is 9.21. The highest BCUT2D eigenvalue weighted by molar-refractivity contribution is 6.04. The molecule has 1 aliphatic rings. The minimum Gasteiger partial charge on any atom is -0.378 e. The third-order valence-corrected chi connectivity index (χ3v) is 7.58. The van der Waals surface area contributed by atoms with Crippen LogP contribution >= 0.6 is 0 Å². The Balaban J connectivity index is 1.35. The highest BCUT2D eigenvalue weighted by Gasteiger charge is 2.35. The number of ether oxygens (including phenoxy) is 1. The zero-order valence-electron chi connectivity index (χ0n) is 25.2. The van der Waals surface area contributed by atoms with Crippen molar-refractivity contribution in [2.45, 2.75) is 13.1 Å². The van der Waals surface area contributed by atoms with E-state index in [1.165, 1.54) is 12.1 Å². The van der Waals surface area contributed by atoms with E-state index in [9.17, 15) is 18.0 Å². The molecular formula is C32H36F3N7O2. The summed E-state index contributed by atoms with van der Waals surface area (Å²) >= 11 is 0. The predicted molar refractivity (Wildman–Crippen MR) is 166 cm³/mol. The summed E-state index contributed by atoms with van der Waals surface area (Å²) in [5.74, 6) is -0.536. The molecule has 0 radical (unpaired) electrons. The summed E-state index contributed by atoms with van der Waals surface area (Å²) < 4.78 is 49.1. The van der Waals surface area contributed by atoms with E-state index in [-0.39, 0.29) is 16.9 Å². The number of carbonyl (C=O) groups excluding carboxylic acids is 1. The second kappa shape index (κ2) is 13.1. The predicted octanol–water partition coefficient (Wildman–Crippen LogP) is 5.35. The first-order valence-corrected chi connectivity index (χ1v) is 14.3. The van der Waals surface area contributed by atoms with Crippen molar-refractivity contribution in [1.82, 2.24) is 19.9 Å². The smallest absolute Gasteiger partial charge is 0.378 e. The molecule has 9 nitrogen and oxygen atoms in total. The molecule has 0 aliphatic carbocycles. The standard InChI is InChI=1S/C32H36F3N7O2/c1-22-8-9-24(31(43)36-25-10-11-29(27(20-25)32(33,34)35)40(4)13-12-39(2)3)19-30(22)42-21-28(37-38-42)23-6-5-7-26(18-23)41-14-16-44-17-15-41/h5-11,18-21H,12-17H2,1-4H3,(H,36,43). The number of likely N-dealkylation sites (N-methyl/N-ethyl adjacent to an activating group) is 2. The van der Waals surface area contributed by atoms with E-state index in [1.807, 2.05) is 38.1 Å². The molecule has 12 heteroatoms. The number of rotatable bonds is 9. The van der Waals surface area contributed by atoms with Crippen LogP contribution in [0.25, 0.3) is 16.9 Å². The number of benzene rings is 3. The van der Waals surface area contributed by atoms with Crippen LogP contribution in [-0.2, 0) is 10.9 Å². The van der Waals surface area contributed by atoms with Crippen LogP contribution in [0.3, 0.4) is 0 Å². The first-order chi connectivity index (χ1) is 21.0. The molecule has 232 valence electrons. The molecule has 1 aliphatic heterocycles. The Morgan fingerprint density at radius 2 is 1.77 bits per heavy atom. The van der Waals surface area contributed by atoms with Gasteiger partial charge in [-0.1, -0.05) is 23.4 Å². The van der Waals surface area contributed by atoms with Gasteiger partial charge in [0.25, 0.3) is 5.91 Å². The molecule has 0 spiro atoms. The van der Waals surface area contributed by atoms with Crippen LogP contribution in [0.5, 0.6) is 0 Å². The van der Waals surface area contributed by atoms with Crippen LogP contribution in [0.2, 0.25) is 0 Å². The van der Waals surface area contributed by atoms with E-state index in [4.69, 9.17) is 4.74 Å². The fourth-order valence-corrected chi connectivity index (χ4v) is 5.04. The minimum absolute atomic E-state index is 0.0486. The number of aryl methyl sites for hydroxylation is 1. The average Bonchev–Trinajstić information content (AvgIpc) is 3.50. The molecule has 2 heterocycles.